The van der Waals surface area contributed by atoms with E-state index in [1.54, 1.807) is 0 Å². The van der Waals surface area contributed by atoms with Crippen molar-refractivity contribution >= 4 is 0 Å². The van der Waals surface area contributed by atoms with Gasteiger partial charge in [0.25, 0.3) is 0 Å². The molecule has 11 atom stereocenters. The molecule has 182 valence electrons. The fourth-order valence-electron chi connectivity index (χ4n) is 11.4. The molecular formula is C31H52O. The number of hydrogen-bond acceptors (Lipinski definition) is 1. The van der Waals surface area contributed by atoms with Crippen LogP contribution >= 0.6 is 0 Å². The summed E-state index contributed by atoms with van der Waals surface area (Å²) in [5.74, 6) is 4.76. The molecule has 5 aliphatic carbocycles. The summed E-state index contributed by atoms with van der Waals surface area (Å²) in [4.78, 5) is 0. The van der Waals surface area contributed by atoms with Crippen LogP contribution in [0.3, 0.4) is 0 Å². The Morgan fingerprint density at radius 3 is 2.41 bits per heavy atom. The lowest BCUT2D eigenvalue weighted by Crippen LogP contribution is -2.55. The van der Waals surface area contributed by atoms with Crippen molar-refractivity contribution in [3.8, 4) is 0 Å². The van der Waals surface area contributed by atoms with Crippen LogP contribution in [0, 0.1) is 57.2 Å². The predicted molar refractivity (Wildman–Crippen MR) is 135 cm³/mol. The van der Waals surface area contributed by atoms with Gasteiger partial charge in [0.05, 0.1) is 6.10 Å². The van der Waals surface area contributed by atoms with Crippen LogP contribution in [0.4, 0.5) is 0 Å². The zero-order chi connectivity index (χ0) is 23.1. The van der Waals surface area contributed by atoms with Crippen LogP contribution in [0.5, 0.6) is 0 Å². The van der Waals surface area contributed by atoms with Gasteiger partial charge in [-0.2, -0.15) is 0 Å². The van der Waals surface area contributed by atoms with Crippen molar-refractivity contribution in [2.24, 2.45) is 57.2 Å². The second kappa shape index (κ2) is 7.60. The summed E-state index contributed by atoms with van der Waals surface area (Å²) in [5, 5.41) is 10.6. The third kappa shape index (κ3) is 2.85. The molecule has 1 N–H and O–H groups in total. The minimum absolute atomic E-state index is 0.0351. The highest BCUT2D eigenvalue weighted by molar-refractivity contribution is 5.29. The monoisotopic (exact) mass is 440 g/mol. The maximum Gasteiger partial charge on any atom is 0.0568 e. The van der Waals surface area contributed by atoms with Crippen LogP contribution in [0.15, 0.2) is 12.2 Å². The van der Waals surface area contributed by atoms with Crippen molar-refractivity contribution in [2.45, 2.75) is 125 Å². The number of aliphatic hydroxyl groups is 1. The molecule has 0 heterocycles. The van der Waals surface area contributed by atoms with E-state index in [1.807, 2.05) is 0 Å². The number of aliphatic hydroxyl groups excluding tert-OH is 1. The molecule has 0 saturated heterocycles. The molecule has 32 heavy (non-hydrogen) atoms. The van der Waals surface area contributed by atoms with Crippen molar-refractivity contribution < 1.29 is 5.11 Å². The van der Waals surface area contributed by atoms with Crippen LogP contribution < -0.4 is 0 Å². The van der Waals surface area contributed by atoms with Gasteiger partial charge >= 0.3 is 0 Å². The third-order valence-electron chi connectivity index (χ3n) is 13.6. The van der Waals surface area contributed by atoms with Gasteiger partial charge in [0.2, 0.25) is 0 Å². The molecule has 0 amide bonds. The molecule has 5 aliphatic rings. The fraction of sp³-hybridized carbons (Fsp3) is 0.935. The zero-order valence-corrected chi connectivity index (χ0v) is 22.2. The number of rotatable bonds is 6. The van der Waals surface area contributed by atoms with E-state index >= 15 is 0 Å². The summed E-state index contributed by atoms with van der Waals surface area (Å²) in [6, 6.07) is 0. The molecule has 5 fully saturated rings. The van der Waals surface area contributed by atoms with Gasteiger partial charge in [-0.3, -0.25) is 0 Å². The molecule has 2 spiro atoms. The maximum absolute atomic E-state index is 10.6. The van der Waals surface area contributed by atoms with Crippen molar-refractivity contribution in [1.82, 2.24) is 0 Å². The van der Waals surface area contributed by atoms with Crippen LogP contribution in [-0.4, -0.2) is 11.2 Å². The van der Waals surface area contributed by atoms with Crippen molar-refractivity contribution in [3.63, 3.8) is 0 Å². The van der Waals surface area contributed by atoms with Crippen LogP contribution in [0.2, 0.25) is 0 Å². The minimum Gasteiger partial charge on any atom is -0.393 e. The van der Waals surface area contributed by atoms with E-state index in [9.17, 15) is 5.11 Å². The Kier molecular flexibility index (Phi) is 5.57. The average Bonchev–Trinajstić information content (AvgIpc) is 3.33. The van der Waals surface area contributed by atoms with Gasteiger partial charge in [0.15, 0.2) is 0 Å². The lowest BCUT2D eigenvalue weighted by atomic mass is 9.43. The Balaban J connectivity index is 1.36. The Labute approximate surface area is 199 Å². The molecule has 1 heteroatoms. The second-order valence-electron chi connectivity index (χ2n) is 14.2. The van der Waals surface area contributed by atoms with Gasteiger partial charge in [-0.1, -0.05) is 46.8 Å². The van der Waals surface area contributed by atoms with Crippen LogP contribution in [0.25, 0.3) is 0 Å². The summed E-state index contributed by atoms with van der Waals surface area (Å²) in [6.45, 7) is 19.3. The van der Waals surface area contributed by atoms with Crippen LogP contribution in [-0.2, 0) is 0 Å². The Hall–Kier alpha value is -0.300. The normalized spacial score (nSPS) is 53.4. The molecule has 1 nitrogen and oxygen atoms in total. The Bertz CT molecular complexity index is 756. The smallest absolute Gasteiger partial charge is 0.0568 e. The van der Waals surface area contributed by atoms with Gasteiger partial charge in [0, 0.05) is 0 Å². The van der Waals surface area contributed by atoms with Gasteiger partial charge in [-0.25, -0.2) is 0 Å². The SMILES string of the molecule is C=C(C)[C@@H](CC)CC[C@@H](C)[C@H]1CC[C@]2(C)[C@@H]3CC[C@@H]4[C@@H](C)[C@H](O)CC[C@@]45C[C@@]35CC[C@]12C. The van der Waals surface area contributed by atoms with Crippen molar-refractivity contribution in [2.75, 3.05) is 0 Å². The number of allylic oxidation sites excluding steroid dienone is 1. The highest BCUT2D eigenvalue weighted by atomic mass is 16.3. The highest BCUT2D eigenvalue weighted by Crippen LogP contribution is 2.88. The molecule has 5 rings (SSSR count). The Morgan fingerprint density at radius 2 is 1.72 bits per heavy atom. The summed E-state index contributed by atoms with van der Waals surface area (Å²) in [7, 11) is 0. The molecular weight excluding hydrogens is 388 g/mol. The lowest BCUT2D eigenvalue weighted by molar-refractivity contribution is -0.143. The van der Waals surface area contributed by atoms with E-state index in [4.69, 9.17) is 0 Å². The Morgan fingerprint density at radius 1 is 0.969 bits per heavy atom. The van der Waals surface area contributed by atoms with E-state index in [0.717, 1.165) is 36.0 Å². The first-order chi connectivity index (χ1) is 15.1. The maximum atomic E-state index is 10.6. The van der Waals surface area contributed by atoms with Crippen LogP contribution in [0.1, 0.15) is 119 Å². The molecule has 0 bridgehead atoms. The summed E-state index contributed by atoms with van der Waals surface area (Å²) < 4.78 is 0. The minimum atomic E-state index is -0.0351. The molecule has 0 aromatic heterocycles. The predicted octanol–water partition coefficient (Wildman–Crippen LogP) is 8.41. The zero-order valence-electron chi connectivity index (χ0n) is 22.2. The van der Waals surface area contributed by atoms with E-state index in [0.29, 0.717) is 27.6 Å². The highest BCUT2D eigenvalue weighted by Gasteiger charge is 2.81. The van der Waals surface area contributed by atoms with E-state index in [2.05, 4.69) is 48.1 Å². The molecule has 5 saturated carbocycles. The quantitative estimate of drug-likeness (QED) is 0.411. The first kappa shape index (κ1) is 23.4. The second-order valence-corrected chi connectivity index (χ2v) is 14.2. The summed E-state index contributed by atoms with van der Waals surface area (Å²) >= 11 is 0. The third-order valence-corrected chi connectivity index (χ3v) is 13.6. The number of fused-ring (bicyclic) bond motifs is 2. The molecule has 0 aliphatic heterocycles. The lowest BCUT2D eigenvalue weighted by Gasteiger charge is -2.62. The van der Waals surface area contributed by atoms with E-state index < -0.39 is 0 Å². The van der Waals surface area contributed by atoms with Gasteiger partial charge in [0.1, 0.15) is 0 Å². The molecule has 0 radical (unpaired) electrons. The average molecular weight is 441 g/mol. The first-order valence-electron chi connectivity index (χ1n) is 14.4. The van der Waals surface area contributed by atoms with E-state index in [1.165, 1.54) is 76.2 Å². The van der Waals surface area contributed by atoms with E-state index in [-0.39, 0.29) is 6.10 Å². The molecule has 0 aromatic rings. The topological polar surface area (TPSA) is 20.2 Å². The van der Waals surface area contributed by atoms with Crippen molar-refractivity contribution in [3.05, 3.63) is 12.2 Å². The van der Waals surface area contributed by atoms with Gasteiger partial charge in [-0.05, 0) is 141 Å². The fourth-order valence-corrected chi connectivity index (χ4v) is 11.4. The first-order valence-corrected chi connectivity index (χ1v) is 14.4. The van der Waals surface area contributed by atoms with Crippen molar-refractivity contribution in [1.29, 1.82) is 0 Å². The molecule has 0 unspecified atom stereocenters. The number of hydrogen-bond donors (Lipinski definition) is 1. The van der Waals surface area contributed by atoms with Gasteiger partial charge in [-0.15, -0.1) is 0 Å². The van der Waals surface area contributed by atoms with Gasteiger partial charge < -0.3 is 5.11 Å². The molecule has 0 aromatic carbocycles. The summed E-state index contributed by atoms with van der Waals surface area (Å²) in [6.07, 6.45) is 16.6. The largest absolute Gasteiger partial charge is 0.393 e. The standard InChI is InChI=1S/C31H52O/c1-8-23(20(2)3)10-9-21(4)24-13-15-29(7)27-12-11-25-22(5)26(32)14-16-30(25)19-31(27,30)18-17-28(24,29)6/h21-27,32H,2,8-19H2,1,3-7H3/t21-,22-,23+,24-,25-,26-,27+,28-,29-,30-,31+/m1/s1. The summed E-state index contributed by atoms with van der Waals surface area (Å²) in [5.41, 5.74) is 3.71.